The number of methoxy groups -OCH3 is 1. The number of halogens is 1. The van der Waals surface area contributed by atoms with Crippen molar-refractivity contribution in [3.05, 3.63) is 55.3 Å². The van der Waals surface area contributed by atoms with E-state index in [9.17, 15) is 9.59 Å². The highest BCUT2D eigenvalue weighted by Gasteiger charge is 2.15. The van der Waals surface area contributed by atoms with Gasteiger partial charge in [0.15, 0.2) is 0 Å². The lowest BCUT2D eigenvalue weighted by Crippen LogP contribution is -2.30. The minimum absolute atomic E-state index is 0.175. The molecule has 0 atom stereocenters. The minimum atomic E-state index is -0.729. The van der Waals surface area contributed by atoms with Crippen molar-refractivity contribution in [2.24, 2.45) is 0 Å². The number of H-pyrrole nitrogens is 1. The van der Waals surface area contributed by atoms with Crippen LogP contribution in [0.25, 0.3) is 5.69 Å². The number of hydrogen-bond donors (Lipinski definition) is 1. The molecule has 0 bridgehead atoms. The summed E-state index contributed by atoms with van der Waals surface area (Å²) in [6.45, 7) is 1.71. The van der Waals surface area contributed by atoms with E-state index in [0.717, 1.165) is 4.57 Å². The first-order chi connectivity index (χ1) is 9.49. The predicted molar refractivity (Wildman–Crippen MR) is 73.7 cm³/mol. The average Bonchev–Trinajstić information content (AvgIpc) is 2.43. The normalized spacial score (nSPS) is 10.1. The summed E-state index contributed by atoms with van der Waals surface area (Å²) in [4.78, 5) is 25.4. The van der Waals surface area contributed by atoms with Crippen molar-refractivity contribution in [3.63, 3.8) is 0 Å². The zero-order valence-electron chi connectivity index (χ0n) is 10.7. The lowest BCUT2D eigenvalue weighted by molar-refractivity contribution is 0.412. The summed E-state index contributed by atoms with van der Waals surface area (Å²) in [5.74, 6) is 0.407. The Kier molecular flexibility index (Phi) is 3.63. The van der Waals surface area contributed by atoms with Crippen molar-refractivity contribution in [1.29, 1.82) is 5.26 Å². The summed E-state index contributed by atoms with van der Waals surface area (Å²) in [7, 11) is 1.45. The van der Waals surface area contributed by atoms with Crippen molar-refractivity contribution in [2.75, 3.05) is 7.11 Å². The number of hydrogen-bond acceptors (Lipinski definition) is 4. The molecule has 0 fully saturated rings. The SMILES string of the molecule is COc1ccc(Cl)c(C)c1-n1cc(C#N)c(=O)[nH]c1=O. The Balaban J connectivity index is 2.89. The van der Waals surface area contributed by atoms with E-state index in [1.165, 1.54) is 13.3 Å². The van der Waals surface area contributed by atoms with Gasteiger partial charge in [0.1, 0.15) is 17.4 Å². The molecule has 6 nitrogen and oxygen atoms in total. The molecule has 20 heavy (non-hydrogen) atoms. The molecule has 1 aromatic heterocycles. The van der Waals surface area contributed by atoms with Crippen LogP contribution in [-0.2, 0) is 0 Å². The molecule has 0 unspecified atom stereocenters. The largest absolute Gasteiger partial charge is 0.495 e. The third-order valence-corrected chi connectivity index (χ3v) is 3.26. The van der Waals surface area contributed by atoms with Gasteiger partial charge >= 0.3 is 5.69 Å². The van der Waals surface area contributed by atoms with Crippen LogP contribution in [-0.4, -0.2) is 16.7 Å². The van der Waals surface area contributed by atoms with Crippen LogP contribution < -0.4 is 16.0 Å². The fourth-order valence-corrected chi connectivity index (χ4v) is 1.98. The summed E-state index contributed by atoms with van der Waals surface area (Å²) in [5, 5.41) is 9.33. The molecule has 0 spiro atoms. The molecule has 7 heteroatoms. The third-order valence-electron chi connectivity index (χ3n) is 2.85. The van der Waals surface area contributed by atoms with Crippen molar-refractivity contribution in [1.82, 2.24) is 9.55 Å². The summed E-state index contributed by atoms with van der Waals surface area (Å²) in [6.07, 6.45) is 1.17. The number of aromatic nitrogens is 2. The zero-order chi connectivity index (χ0) is 14.9. The first kappa shape index (κ1) is 13.9. The van der Waals surface area contributed by atoms with Crippen LogP contribution in [0.1, 0.15) is 11.1 Å². The first-order valence-electron chi connectivity index (χ1n) is 5.59. The van der Waals surface area contributed by atoms with E-state index in [1.54, 1.807) is 25.1 Å². The van der Waals surface area contributed by atoms with Gasteiger partial charge < -0.3 is 4.74 Å². The van der Waals surface area contributed by atoms with Gasteiger partial charge in [0.05, 0.1) is 12.8 Å². The standard InChI is InChI=1S/C13H10ClN3O3/c1-7-9(14)3-4-10(20-2)11(7)17-6-8(5-15)12(18)16-13(17)19/h3-4,6H,1-2H3,(H,16,18,19). The highest BCUT2D eigenvalue weighted by molar-refractivity contribution is 6.31. The summed E-state index contributed by atoms with van der Waals surface area (Å²) < 4.78 is 6.34. The molecular weight excluding hydrogens is 282 g/mol. The number of nitrogens with one attached hydrogen (secondary N) is 1. The maximum atomic E-state index is 11.9. The van der Waals surface area contributed by atoms with E-state index in [0.29, 0.717) is 22.0 Å². The number of benzene rings is 1. The molecule has 0 saturated carbocycles. The predicted octanol–water partition coefficient (Wildman–Crippen LogP) is 1.37. The van der Waals surface area contributed by atoms with Gasteiger partial charge in [0.2, 0.25) is 0 Å². The van der Waals surface area contributed by atoms with E-state index < -0.39 is 11.2 Å². The van der Waals surface area contributed by atoms with E-state index in [2.05, 4.69) is 4.98 Å². The van der Waals surface area contributed by atoms with Gasteiger partial charge in [0, 0.05) is 11.2 Å². The maximum Gasteiger partial charge on any atom is 0.333 e. The molecule has 1 aromatic carbocycles. The molecule has 0 radical (unpaired) electrons. The molecular formula is C13H10ClN3O3. The Bertz CT molecular complexity index is 830. The van der Waals surface area contributed by atoms with Crippen LogP contribution in [0.15, 0.2) is 27.9 Å². The Morgan fingerprint density at radius 3 is 2.70 bits per heavy atom. The second-order valence-electron chi connectivity index (χ2n) is 4.01. The van der Waals surface area contributed by atoms with Crippen LogP contribution >= 0.6 is 11.6 Å². The minimum Gasteiger partial charge on any atom is -0.495 e. The van der Waals surface area contributed by atoms with Crippen molar-refractivity contribution in [2.45, 2.75) is 6.92 Å². The average molecular weight is 292 g/mol. The molecule has 2 aromatic rings. The van der Waals surface area contributed by atoms with Crippen LogP contribution in [0.4, 0.5) is 0 Å². The van der Waals surface area contributed by atoms with Crippen LogP contribution in [0.2, 0.25) is 5.02 Å². The van der Waals surface area contributed by atoms with Crippen LogP contribution in [0.3, 0.4) is 0 Å². The van der Waals surface area contributed by atoms with Crippen molar-refractivity contribution in [3.8, 4) is 17.5 Å². The Morgan fingerprint density at radius 2 is 2.10 bits per heavy atom. The van der Waals surface area contributed by atoms with Gasteiger partial charge in [-0.05, 0) is 24.6 Å². The van der Waals surface area contributed by atoms with Gasteiger partial charge in [-0.1, -0.05) is 11.6 Å². The topological polar surface area (TPSA) is 87.9 Å². The maximum absolute atomic E-state index is 11.9. The van der Waals surface area contributed by atoms with E-state index in [1.807, 2.05) is 0 Å². The third kappa shape index (κ3) is 2.19. The Hall–Kier alpha value is -2.52. The van der Waals surface area contributed by atoms with Crippen LogP contribution in [0.5, 0.6) is 5.75 Å². The number of aromatic amines is 1. The molecule has 0 saturated heterocycles. The summed E-state index contributed by atoms with van der Waals surface area (Å²) in [5.41, 5.74) is -0.585. The Labute approximate surface area is 118 Å². The zero-order valence-corrected chi connectivity index (χ0v) is 11.5. The Morgan fingerprint density at radius 1 is 1.40 bits per heavy atom. The highest BCUT2D eigenvalue weighted by atomic mass is 35.5. The smallest absolute Gasteiger partial charge is 0.333 e. The second-order valence-corrected chi connectivity index (χ2v) is 4.41. The highest BCUT2D eigenvalue weighted by Crippen LogP contribution is 2.30. The molecule has 102 valence electrons. The number of ether oxygens (including phenoxy) is 1. The molecule has 1 heterocycles. The van der Waals surface area contributed by atoms with Gasteiger partial charge in [-0.15, -0.1) is 0 Å². The fraction of sp³-hybridized carbons (Fsp3) is 0.154. The van der Waals surface area contributed by atoms with Crippen LogP contribution in [0, 0.1) is 18.3 Å². The van der Waals surface area contributed by atoms with E-state index in [4.69, 9.17) is 21.6 Å². The van der Waals surface area contributed by atoms with Gasteiger partial charge in [-0.2, -0.15) is 5.26 Å². The number of rotatable bonds is 2. The van der Waals surface area contributed by atoms with E-state index in [-0.39, 0.29) is 5.56 Å². The molecule has 1 N–H and O–H groups in total. The second kappa shape index (κ2) is 5.23. The quantitative estimate of drug-likeness (QED) is 0.905. The van der Waals surface area contributed by atoms with Crippen molar-refractivity contribution < 1.29 is 4.74 Å². The van der Waals surface area contributed by atoms with Gasteiger partial charge in [-0.3, -0.25) is 14.3 Å². The number of nitrogens with zero attached hydrogens (tertiary/aromatic N) is 2. The summed E-state index contributed by atoms with van der Waals surface area (Å²) in [6, 6.07) is 4.97. The molecule has 0 aliphatic rings. The molecule has 0 aliphatic heterocycles. The molecule has 0 aliphatic carbocycles. The van der Waals surface area contributed by atoms with Gasteiger partial charge in [-0.25, -0.2) is 4.79 Å². The van der Waals surface area contributed by atoms with Gasteiger partial charge in [0.25, 0.3) is 5.56 Å². The lowest BCUT2D eigenvalue weighted by atomic mass is 10.1. The lowest BCUT2D eigenvalue weighted by Gasteiger charge is -2.14. The van der Waals surface area contributed by atoms with Crippen molar-refractivity contribution >= 4 is 11.6 Å². The van der Waals surface area contributed by atoms with E-state index >= 15 is 0 Å². The monoisotopic (exact) mass is 291 g/mol. The first-order valence-corrected chi connectivity index (χ1v) is 5.97. The number of nitriles is 1. The molecule has 0 amide bonds. The summed E-state index contributed by atoms with van der Waals surface area (Å²) >= 11 is 6.04. The fourth-order valence-electron chi connectivity index (χ4n) is 1.83. The molecule has 2 rings (SSSR count).